The van der Waals surface area contributed by atoms with Crippen LogP contribution in [0.1, 0.15) is 21.6 Å². The molecule has 9 nitrogen and oxygen atoms in total. The van der Waals surface area contributed by atoms with Gasteiger partial charge in [0.1, 0.15) is 6.07 Å². The van der Waals surface area contributed by atoms with Gasteiger partial charge in [-0.15, -0.1) is 0 Å². The minimum Gasteiger partial charge on any atom is -0.475 e. The van der Waals surface area contributed by atoms with E-state index >= 15 is 0 Å². The molecule has 0 bridgehead atoms. The number of amides is 1. The predicted octanol–water partition coefficient (Wildman–Crippen LogP) is 3.30. The third-order valence-electron chi connectivity index (χ3n) is 4.48. The van der Waals surface area contributed by atoms with Crippen LogP contribution in [0.4, 0.5) is 13.2 Å². The third-order valence-corrected chi connectivity index (χ3v) is 4.48. The van der Waals surface area contributed by atoms with Crippen molar-refractivity contribution in [1.29, 1.82) is 5.26 Å². The highest BCUT2D eigenvalue weighted by Gasteiger charge is 2.38. The number of nitrogens with one attached hydrogen (secondary N) is 2. The monoisotopic (exact) mass is 471 g/mol. The first kappa shape index (κ1) is 24.0. The molecule has 0 saturated heterocycles. The van der Waals surface area contributed by atoms with Crippen molar-refractivity contribution in [1.82, 2.24) is 15.3 Å². The van der Waals surface area contributed by atoms with Crippen LogP contribution in [0.15, 0.2) is 59.9 Å². The Hall–Kier alpha value is -4.66. The Bertz CT molecular complexity index is 1260. The number of hydrogen-bond acceptors (Lipinski definition) is 6. The van der Waals surface area contributed by atoms with Crippen LogP contribution in [0.5, 0.6) is 5.88 Å². The van der Waals surface area contributed by atoms with Gasteiger partial charge < -0.3 is 20.2 Å². The number of carboxylic acid groups (broad SMARTS) is 1. The maximum atomic E-state index is 11.9. The quantitative estimate of drug-likeness (QED) is 0.394. The molecule has 3 N–H and O–H groups in total. The Labute approximate surface area is 190 Å². The summed E-state index contributed by atoms with van der Waals surface area (Å²) in [6, 6.07) is 16.4. The van der Waals surface area contributed by atoms with Gasteiger partial charge in [-0.3, -0.25) is 4.79 Å². The molecule has 0 atom stereocenters. The number of alkyl halides is 3. The topological polar surface area (TPSA) is 140 Å². The molecule has 1 amide bonds. The molecule has 4 rings (SSSR count). The number of H-pyrrole nitrogens is 1. The van der Waals surface area contributed by atoms with Gasteiger partial charge >= 0.3 is 12.1 Å². The van der Waals surface area contributed by atoms with Crippen LogP contribution >= 0.6 is 0 Å². The fraction of sp³-hybridized carbons (Fsp3) is 0.136. The second-order valence-electron chi connectivity index (χ2n) is 6.78. The highest BCUT2D eigenvalue weighted by Crippen LogP contribution is 2.26. The number of carbonyl (C=O) groups is 2. The maximum absolute atomic E-state index is 11.9. The van der Waals surface area contributed by atoms with Gasteiger partial charge in [0, 0.05) is 47.7 Å². The van der Waals surface area contributed by atoms with E-state index in [9.17, 15) is 23.2 Å². The van der Waals surface area contributed by atoms with Crippen LogP contribution in [0.3, 0.4) is 0 Å². The Balaban J connectivity index is 0.000000406. The van der Waals surface area contributed by atoms with Crippen molar-refractivity contribution in [2.24, 2.45) is 5.16 Å². The smallest absolute Gasteiger partial charge is 0.475 e. The predicted molar refractivity (Wildman–Crippen MR) is 113 cm³/mol. The number of nitriles is 1. The lowest BCUT2D eigenvalue weighted by Crippen LogP contribution is -2.31. The van der Waals surface area contributed by atoms with Gasteiger partial charge in [-0.1, -0.05) is 35.5 Å². The van der Waals surface area contributed by atoms with Crippen molar-refractivity contribution in [2.75, 3.05) is 6.54 Å². The molecule has 0 radical (unpaired) electrons. The van der Waals surface area contributed by atoms with E-state index in [-0.39, 0.29) is 17.5 Å². The molecule has 3 aromatic rings. The number of oxime groups is 1. The fourth-order valence-electron chi connectivity index (χ4n) is 2.90. The first-order valence-corrected chi connectivity index (χ1v) is 9.66. The summed E-state index contributed by atoms with van der Waals surface area (Å²) in [5.41, 5.74) is 4.02. The van der Waals surface area contributed by atoms with E-state index in [0.29, 0.717) is 17.7 Å². The van der Waals surface area contributed by atoms with Gasteiger partial charge in [-0.2, -0.15) is 18.4 Å². The number of benzene rings is 1. The van der Waals surface area contributed by atoms with Crippen molar-refractivity contribution >= 4 is 17.6 Å². The normalized spacial score (nSPS) is 13.0. The molecule has 0 aliphatic carbocycles. The SMILES string of the molecule is N#C/C(=N/Oc1cc(-c2cc3c([nH]2)CCNC3=O)ccn1)c1ccccc1.O=C(O)C(F)(F)F. The Morgan fingerprint density at radius 2 is 1.91 bits per heavy atom. The third kappa shape index (κ3) is 5.98. The molecular formula is C22H16F3N5O4. The van der Waals surface area contributed by atoms with Gasteiger partial charge in [-0.25, -0.2) is 9.78 Å². The first-order chi connectivity index (χ1) is 16.2. The number of fused-ring (bicyclic) bond motifs is 1. The number of halogens is 3. The number of aliphatic carboxylic acids is 1. The molecule has 1 aliphatic rings. The average Bonchev–Trinajstić information content (AvgIpc) is 3.26. The van der Waals surface area contributed by atoms with Gasteiger partial charge in [0.15, 0.2) is 5.71 Å². The first-order valence-electron chi connectivity index (χ1n) is 9.66. The summed E-state index contributed by atoms with van der Waals surface area (Å²) in [4.78, 5) is 33.6. The van der Waals surface area contributed by atoms with E-state index in [4.69, 9.17) is 14.7 Å². The lowest BCUT2D eigenvalue weighted by molar-refractivity contribution is -0.192. The average molecular weight is 471 g/mol. The zero-order valence-corrected chi connectivity index (χ0v) is 17.3. The summed E-state index contributed by atoms with van der Waals surface area (Å²) in [6.07, 6.45) is -2.73. The number of hydrogen-bond donors (Lipinski definition) is 3. The number of aromatic nitrogens is 2. The summed E-state index contributed by atoms with van der Waals surface area (Å²) in [6.45, 7) is 0.627. The number of aromatic amines is 1. The lowest BCUT2D eigenvalue weighted by Gasteiger charge is -2.10. The van der Waals surface area contributed by atoms with Gasteiger partial charge in [0.05, 0.1) is 5.56 Å². The van der Waals surface area contributed by atoms with E-state index < -0.39 is 12.1 Å². The molecule has 0 spiro atoms. The number of rotatable bonds is 4. The molecule has 1 aliphatic heterocycles. The number of carboxylic acids is 1. The maximum Gasteiger partial charge on any atom is 0.490 e. The molecule has 34 heavy (non-hydrogen) atoms. The van der Waals surface area contributed by atoms with E-state index in [1.54, 1.807) is 24.4 Å². The zero-order chi connectivity index (χ0) is 24.7. The second kappa shape index (κ2) is 10.3. The molecule has 0 saturated carbocycles. The van der Waals surface area contributed by atoms with Crippen molar-refractivity contribution < 1.29 is 32.7 Å². The van der Waals surface area contributed by atoms with Gasteiger partial charge in [0.25, 0.3) is 5.91 Å². The summed E-state index contributed by atoms with van der Waals surface area (Å²) >= 11 is 0. The summed E-state index contributed by atoms with van der Waals surface area (Å²) in [5.74, 6) is -2.57. The minimum atomic E-state index is -5.08. The van der Waals surface area contributed by atoms with Crippen molar-refractivity contribution in [3.63, 3.8) is 0 Å². The summed E-state index contributed by atoms with van der Waals surface area (Å²) < 4.78 is 31.7. The lowest BCUT2D eigenvalue weighted by atomic mass is 10.1. The van der Waals surface area contributed by atoms with E-state index in [1.165, 1.54) is 0 Å². The van der Waals surface area contributed by atoms with Crippen LogP contribution in [0.25, 0.3) is 11.3 Å². The molecule has 12 heteroatoms. The van der Waals surface area contributed by atoms with Gasteiger partial charge in [-0.05, 0) is 12.1 Å². The largest absolute Gasteiger partial charge is 0.490 e. The van der Waals surface area contributed by atoms with Crippen molar-refractivity contribution in [3.05, 3.63) is 71.5 Å². The van der Waals surface area contributed by atoms with Gasteiger partial charge in [0.2, 0.25) is 5.88 Å². The number of pyridine rings is 1. The van der Waals surface area contributed by atoms with E-state index in [1.807, 2.05) is 36.4 Å². The van der Waals surface area contributed by atoms with Crippen LogP contribution in [0, 0.1) is 11.3 Å². The Morgan fingerprint density at radius 3 is 2.53 bits per heavy atom. The molecule has 2 aromatic heterocycles. The zero-order valence-electron chi connectivity index (χ0n) is 17.3. The molecule has 174 valence electrons. The Morgan fingerprint density at radius 1 is 1.21 bits per heavy atom. The van der Waals surface area contributed by atoms with Crippen LogP contribution in [-0.4, -0.2) is 45.4 Å². The van der Waals surface area contributed by atoms with E-state index in [2.05, 4.69) is 20.4 Å². The number of carbonyl (C=O) groups excluding carboxylic acids is 1. The second-order valence-corrected chi connectivity index (χ2v) is 6.78. The van der Waals surface area contributed by atoms with Crippen LogP contribution in [0.2, 0.25) is 0 Å². The van der Waals surface area contributed by atoms with Crippen LogP contribution in [-0.2, 0) is 11.2 Å². The highest BCUT2D eigenvalue weighted by atomic mass is 19.4. The molecule has 1 aromatic carbocycles. The van der Waals surface area contributed by atoms with E-state index in [0.717, 1.165) is 23.4 Å². The van der Waals surface area contributed by atoms with Crippen LogP contribution < -0.4 is 10.2 Å². The molecule has 3 heterocycles. The molecular weight excluding hydrogens is 455 g/mol. The Kier molecular flexibility index (Phi) is 7.27. The molecule has 0 unspecified atom stereocenters. The standard InChI is InChI=1S/C20H15N5O2.C2HF3O2/c21-12-18(13-4-2-1-3-5-13)25-27-19-10-14(6-8-22-19)17-11-15-16(24-17)7-9-23-20(15)26;3-2(4,5)1(6)7/h1-6,8,10-11,24H,7,9H2,(H,23,26);(H,6,7)/b25-18-;. The summed E-state index contributed by atoms with van der Waals surface area (Å²) in [7, 11) is 0. The minimum absolute atomic E-state index is 0.0737. The number of nitrogens with zero attached hydrogens (tertiary/aromatic N) is 3. The summed E-state index contributed by atoms with van der Waals surface area (Å²) in [5, 5.41) is 23.1. The fourth-order valence-corrected chi connectivity index (χ4v) is 2.90. The van der Waals surface area contributed by atoms with Crippen molar-refractivity contribution in [3.8, 4) is 23.2 Å². The van der Waals surface area contributed by atoms with Crippen molar-refractivity contribution in [2.45, 2.75) is 12.6 Å². The molecule has 0 fully saturated rings. The highest BCUT2D eigenvalue weighted by molar-refractivity contribution is 6.11.